The van der Waals surface area contributed by atoms with E-state index >= 15 is 0 Å². The number of ether oxygens (including phenoxy) is 1. The average Bonchev–Trinajstić information content (AvgIpc) is 2.42. The summed E-state index contributed by atoms with van der Waals surface area (Å²) in [5, 5.41) is 19.8. The molecule has 0 bridgehead atoms. The monoisotopic (exact) mass is 296 g/mol. The van der Waals surface area contributed by atoms with Crippen molar-refractivity contribution in [3.63, 3.8) is 0 Å². The lowest BCUT2D eigenvalue weighted by Gasteiger charge is -2.25. The smallest absolute Gasteiger partial charge is 0.311 e. The normalized spacial score (nSPS) is 10.9. The van der Waals surface area contributed by atoms with Gasteiger partial charge in [0.25, 0.3) is 0 Å². The molecule has 7 nitrogen and oxygen atoms in total. The molecule has 0 spiro atoms. The summed E-state index contributed by atoms with van der Waals surface area (Å²) in [6.45, 7) is 4.77. The number of carbonyl (C=O) groups is 1. The lowest BCUT2D eigenvalue weighted by Crippen LogP contribution is -2.32. The quantitative estimate of drug-likeness (QED) is 0.584. The fourth-order valence-corrected chi connectivity index (χ4v) is 1.97. The number of hydrogen-bond acceptors (Lipinski definition) is 5. The van der Waals surface area contributed by atoms with Gasteiger partial charge in [-0.1, -0.05) is 6.07 Å². The van der Waals surface area contributed by atoms with Crippen LogP contribution in [0, 0.1) is 10.1 Å². The van der Waals surface area contributed by atoms with Gasteiger partial charge in [-0.2, -0.15) is 0 Å². The van der Waals surface area contributed by atoms with Crippen LogP contribution < -0.4 is 4.74 Å². The van der Waals surface area contributed by atoms with E-state index in [1.165, 1.54) is 13.2 Å². The third-order valence-electron chi connectivity index (χ3n) is 3.17. The molecule has 0 aliphatic rings. The molecule has 1 aromatic rings. The maximum absolute atomic E-state index is 11.0. The first-order valence-electron chi connectivity index (χ1n) is 6.62. The van der Waals surface area contributed by atoms with Gasteiger partial charge in [0, 0.05) is 25.2 Å². The van der Waals surface area contributed by atoms with Gasteiger partial charge >= 0.3 is 11.7 Å². The summed E-state index contributed by atoms with van der Waals surface area (Å²) in [5.41, 5.74) is 0.665. The number of nitrogens with zero attached hydrogens (tertiary/aromatic N) is 2. The van der Waals surface area contributed by atoms with Crippen molar-refractivity contribution < 1.29 is 19.6 Å². The molecule has 0 unspecified atom stereocenters. The minimum absolute atomic E-state index is 0.0381. The summed E-state index contributed by atoms with van der Waals surface area (Å²) >= 11 is 0. The van der Waals surface area contributed by atoms with Gasteiger partial charge < -0.3 is 9.84 Å². The van der Waals surface area contributed by atoms with Crippen molar-refractivity contribution in [2.45, 2.75) is 32.9 Å². The van der Waals surface area contributed by atoms with E-state index in [4.69, 9.17) is 9.84 Å². The number of rotatable bonds is 8. The van der Waals surface area contributed by atoms with Gasteiger partial charge in [-0.25, -0.2) is 0 Å². The third-order valence-corrected chi connectivity index (χ3v) is 3.17. The Kier molecular flexibility index (Phi) is 6.10. The number of benzene rings is 1. The Morgan fingerprint density at radius 1 is 1.48 bits per heavy atom. The van der Waals surface area contributed by atoms with Crippen LogP contribution in [-0.4, -0.2) is 40.6 Å². The number of carboxylic acid groups (broad SMARTS) is 1. The molecule has 0 atom stereocenters. The van der Waals surface area contributed by atoms with Crippen molar-refractivity contribution in [2.75, 3.05) is 13.7 Å². The van der Waals surface area contributed by atoms with Crippen molar-refractivity contribution in [3.05, 3.63) is 33.9 Å². The summed E-state index contributed by atoms with van der Waals surface area (Å²) in [7, 11) is 1.38. The molecule has 0 aromatic heterocycles. The summed E-state index contributed by atoms with van der Waals surface area (Å²) in [4.78, 5) is 23.1. The van der Waals surface area contributed by atoms with Crippen LogP contribution >= 0.6 is 0 Å². The Hall–Kier alpha value is -2.15. The highest BCUT2D eigenvalue weighted by Gasteiger charge is 2.17. The fourth-order valence-electron chi connectivity index (χ4n) is 1.97. The van der Waals surface area contributed by atoms with Crippen LogP contribution in [0.3, 0.4) is 0 Å². The predicted molar refractivity (Wildman–Crippen MR) is 77.4 cm³/mol. The van der Waals surface area contributed by atoms with Gasteiger partial charge in [-0.3, -0.25) is 19.8 Å². The number of nitro benzene ring substituents is 1. The second-order valence-electron chi connectivity index (χ2n) is 4.97. The SMILES string of the molecule is COc1ccc(CN(CCC(=O)O)C(C)C)cc1[N+](=O)[O-]. The molecule has 0 saturated heterocycles. The van der Waals surface area contributed by atoms with Crippen molar-refractivity contribution in [1.29, 1.82) is 0 Å². The molecule has 0 fully saturated rings. The Labute approximate surface area is 123 Å². The molecule has 0 aliphatic heterocycles. The molecule has 1 N–H and O–H groups in total. The number of hydrogen-bond donors (Lipinski definition) is 1. The van der Waals surface area contributed by atoms with E-state index < -0.39 is 10.9 Å². The van der Waals surface area contributed by atoms with Crippen molar-refractivity contribution >= 4 is 11.7 Å². The van der Waals surface area contributed by atoms with Crippen LogP contribution in [0.2, 0.25) is 0 Å². The molecule has 0 radical (unpaired) electrons. The number of nitro groups is 1. The topological polar surface area (TPSA) is 92.9 Å². The standard InChI is InChI=1S/C14H20N2O5/c1-10(2)15(7-6-14(17)18)9-11-4-5-13(21-3)12(8-11)16(19)20/h4-5,8,10H,6-7,9H2,1-3H3,(H,17,18). The predicted octanol–water partition coefficient (Wildman–Crippen LogP) is 2.29. The first-order valence-corrected chi connectivity index (χ1v) is 6.62. The summed E-state index contributed by atoms with van der Waals surface area (Å²) in [6.07, 6.45) is 0.0381. The van der Waals surface area contributed by atoms with E-state index in [0.29, 0.717) is 13.1 Å². The van der Waals surface area contributed by atoms with E-state index in [-0.39, 0.29) is 23.9 Å². The van der Waals surface area contributed by atoms with E-state index in [1.807, 2.05) is 18.7 Å². The lowest BCUT2D eigenvalue weighted by molar-refractivity contribution is -0.385. The molecule has 0 aliphatic carbocycles. The minimum atomic E-state index is -0.860. The largest absolute Gasteiger partial charge is 0.490 e. The van der Waals surface area contributed by atoms with Crippen LogP contribution in [0.1, 0.15) is 25.8 Å². The molecular weight excluding hydrogens is 276 g/mol. The van der Waals surface area contributed by atoms with Gasteiger partial charge in [0.15, 0.2) is 5.75 Å². The maximum atomic E-state index is 11.0. The number of carboxylic acids is 1. The van der Waals surface area contributed by atoms with E-state index in [1.54, 1.807) is 12.1 Å². The highest BCUT2D eigenvalue weighted by atomic mass is 16.6. The number of aliphatic carboxylic acids is 1. The second-order valence-corrected chi connectivity index (χ2v) is 4.97. The first-order chi connectivity index (χ1) is 9.85. The highest BCUT2D eigenvalue weighted by Crippen LogP contribution is 2.28. The Morgan fingerprint density at radius 3 is 2.62 bits per heavy atom. The zero-order valence-corrected chi connectivity index (χ0v) is 12.4. The zero-order valence-electron chi connectivity index (χ0n) is 12.4. The van der Waals surface area contributed by atoms with Crippen LogP contribution in [-0.2, 0) is 11.3 Å². The average molecular weight is 296 g/mol. The van der Waals surface area contributed by atoms with E-state index in [0.717, 1.165) is 5.56 Å². The van der Waals surface area contributed by atoms with E-state index in [2.05, 4.69) is 0 Å². The van der Waals surface area contributed by atoms with Crippen LogP contribution in [0.4, 0.5) is 5.69 Å². The lowest BCUT2D eigenvalue weighted by atomic mass is 10.1. The minimum Gasteiger partial charge on any atom is -0.490 e. The molecule has 0 amide bonds. The number of methoxy groups -OCH3 is 1. The van der Waals surface area contributed by atoms with Gasteiger partial charge in [-0.15, -0.1) is 0 Å². The summed E-state index contributed by atoms with van der Waals surface area (Å²) in [6, 6.07) is 4.92. The zero-order chi connectivity index (χ0) is 16.0. The summed E-state index contributed by atoms with van der Waals surface area (Å²) in [5.74, 6) is -0.647. The van der Waals surface area contributed by atoms with Gasteiger partial charge in [0.05, 0.1) is 18.5 Å². The highest BCUT2D eigenvalue weighted by molar-refractivity contribution is 5.66. The first kappa shape index (κ1) is 16.9. The van der Waals surface area contributed by atoms with Crippen molar-refractivity contribution in [3.8, 4) is 5.75 Å². The molecule has 116 valence electrons. The molecule has 1 aromatic carbocycles. The van der Waals surface area contributed by atoms with Crippen LogP contribution in [0.15, 0.2) is 18.2 Å². The van der Waals surface area contributed by atoms with Crippen LogP contribution in [0.5, 0.6) is 5.75 Å². The summed E-state index contributed by atoms with van der Waals surface area (Å²) < 4.78 is 4.96. The molecule has 7 heteroatoms. The fraction of sp³-hybridized carbons (Fsp3) is 0.500. The van der Waals surface area contributed by atoms with E-state index in [9.17, 15) is 14.9 Å². The van der Waals surface area contributed by atoms with Gasteiger partial charge in [0.1, 0.15) is 0 Å². The van der Waals surface area contributed by atoms with Crippen LogP contribution in [0.25, 0.3) is 0 Å². The van der Waals surface area contributed by atoms with Gasteiger partial charge in [0.2, 0.25) is 0 Å². The molecule has 21 heavy (non-hydrogen) atoms. The molecule has 0 heterocycles. The Morgan fingerprint density at radius 2 is 2.14 bits per heavy atom. The molecule has 1 rings (SSSR count). The third kappa shape index (κ3) is 5.03. The Balaban J connectivity index is 2.91. The van der Waals surface area contributed by atoms with Crippen molar-refractivity contribution in [2.24, 2.45) is 0 Å². The molecule has 0 saturated carbocycles. The Bertz CT molecular complexity index is 516. The van der Waals surface area contributed by atoms with Gasteiger partial charge in [-0.05, 0) is 25.5 Å². The maximum Gasteiger partial charge on any atom is 0.311 e. The molecular formula is C14H20N2O5. The van der Waals surface area contributed by atoms with Crippen molar-refractivity contribution in [1.82, 2.24) is 4.90 Å². The second kappa shape index (κ2) is 7.58.